The highest BCUT2D eigenvalue weighted by atomic mass is 16.1. The average molecular weight is 247 g/mol. The normalized spacial score (nSPS) is 22.5. The zero-order valence-electron chi connectivity index (χ0n) is 11.0. The minimum Gasteiger partial charge on any atom is -0.369 e. The summed E-state index contributed by atoms with van der Waals surface area (Å²) in [7, 11) is 0. The van der Waals surface area contributed by atoms with E-state index in [4.69, 9.17) is 11.5 Å². The van der Waals surface area contributed by atoms with Crippen LogP contribution in [0.2, 0.25) is 0 Å². The molecule has 1 aliphatic carbocycles. The summed E-state index contributed by atoms with van der Waals surface area (Å²) in [5, 5.41) is 0. The maximum atomic E-state index is 11.2. The predicted molar refractivity (Wildman–Crippen MR) is 71.8 cm³/mol. The van der Waals surface area contributed by atoms with Crippen LogP contribution in [0.5, 0.6) is 0 Å². The maximum absolute atomic E-state index is 11.2. The highest BCUT2D eigenvalue weighted by Gasteiger charge is 2.34. The molecule has 1 aliphatic rings. The van der Waals surface area contributed by atoms with Gasteiger partial charge in [-0.25, -0.2) is 0 Å². The summed E-state index contributed by atoms with van der Waals surface area (Å²) in [6, 6.07) is 8.72. The first-order valence-electron chi connectivity index (χ1n) is 6.39. The van der Waals surface area contributed by atoms with Gasteiger partial charge in [0.25, 0.3) is 0 Å². The monoisotopic (exact) mass is 247 g/mol. The highest BCUT2D eigenvalue weighted by molar-refractivity contribution is 5.76. The molecule has 18 heavy (non-hydrogen) atoms. The van der Waals surface area contributed by atoms with Crippen LogP contribution in [0.1, 0.15) is 43.5 Å². The van der Waals surface area contributed by atoms with Crippen molar-refractivity contribution in [3.05, 3.63) is 35.4 Å². The van der Waals surface area contributed by atoms with E-state index in [-0.39, 0.29) is 30.6 Å². The first-order chi connectivity index (χ1) is 8.50. The minimum absolute atomic E-state index is 0.0559. The van der Waals surface area contributed by atoms with Crippen LogP contribution in [0.4, 0.5) is 0 Å². The Hall–Kier alpha value is -1.39. The number of rotatable bonds is 4. The van der Waals surface area contributed by atoms with Gasteiger partial charge in [0.15, 0.2) is 0 Å². The smallest absolute Gasteiger partial charge is 0.231 e. The van der Waals surface area contributed by atoms with Gasteiger partial charge in [-0.1, -0.05) is 24.3 Å². The lowest BCUT2D eigenvalue weighted by atomic mass is 10.1. The molecule has 4 N–H and O–H groups in total. The third-order valence-electron chi connectivity index (χ3n) is 3.63. The zero-order valence-corrected chi connectivity index (χ0v) is 11.0. The molecule has 0 bridgehead atoms. The molecule has 1 aromatic rings. The Morgan fingerprint density at radius 3 is 2.56 bits per heavy atom. The molecule has 2 unspecified atom stereocenters. The molecule has 4 heteroatoms. The zero-order chi connectivity index (χ0) is 13.3. The Bertz CT molecular complexity index is 444. The topological polar surface area (TPSA) is 72.3 Å². The van der Waals surface area contributed by atoms with Gasteiger partial charge in [0.2, 0.25) is 5.91 Å². The largest absolute Gasteiger partial charge is 0.369 e. The molecule has 1 aromatic carbocycles. The van der Waals surface area contributed by atoms with Crippen LogP contribution in [0.3, 0.4) is 0 Å². The lowest BCUT2D eigenvalue weighted by molar-refractivity contribution is -0.120. The van der Waals surface area contributed by atoms with E-state index < -0.39 is 0 Å². The van der Waals surface area contributed by atoms with Gasteiger partial charge in [-0.15, -0.1) is 0 Å². The van der Waals surface area contributed by atoms with Crippen LogP contribution in [-0.4, -0.2) is 23.4 Å². The summed E-state index contributed by atoms with van der Waals surface area (Å²) in [5.41, 5.74) is 13.9. The van der Waals surface area contributed by atoms with Gasteiger partial charge in [-0.2, -0.15) is 0 Å². The number of fused-ring (bicyclic) bond motifs is 1. The predicted octanol–water partition coefficient (Wildman–Crippen LogP) is 1.33. The molecule has 98 valence electrons. The van der Waals surface area contributed by atoms with E-state index in [2.05, 4.69) is 30.9 Å². The molecule has 2 atom stereocenters. The van der Waals surface area contributed by atoms with Crippen LogP contribution >= 0.6 is 0 Å². The van der Waals surface area contributed by atoms with E-state index in [0.717, 1.165) is 6.42 Å². The van der Waals surface area contributed by atoms with Gasteiger partial charge in [0, 0.05) is 18.1 Å². The Morgan fingerprint density at radius 2 is 2.00 bits per heavy atom. The number of nitrogens with two attached hydrogens (primary N) is 2. The number of amides is 1. The number of primary amides is 1. The van der Waals surface area contributed by atoms with Crippen molar-refractivity contribution in [2.75, 3.05) is 6.54 Å². The lowest BCUT2D eigenvalue weighted by Gasteiger charge is -2.32. The third-order valence-corrected chi connectivity index (χ3v) is 3.63. The van der Waals surface area contributed by atoms with Crippen molar-refractivity contribution in [3.8, 4) is 0 Å². The van der Waals surface area contributed by atoms with Crippen molar-refractivity contribution in [2.24, 2.45) is 11.5 Å². The molecule has 0 radical (unpaired) electrons. The van der Waals surface area contributed by atoms with E-state index >= 15 is 0 Å². The van der Waals surface area contributed by atoms with E-state index in [9.17, 15) is 4.79 Å². The van der Waals surface area contributed by atoms with E-state index in [1.807, 2.05) is 12.1 Å². The van der Waals surface area contributed by atoms with Crippen molar-refractivity contribution < 1.29 is 4.79 Å². The van der Waals surface area contributed by atoms with Crippen molar-refractivity contribution in [3.63, 3.8) is 0 Å². The molecule has 0 aromatic heterocycles. The second kappa shape index (κ2) is 5.08. The van der Waals surface area contributed by atoms with Crippen molar-refractivity contribution in [1.82, 2.24) is 4.90 Å². The van der Waals surface area contributed by atoms with Gasteiger partial charge in [-0.05, 0) is 31.4 Å². The summed E-state index contributed by atoms with van der Waals surface area (Å²) in [4.78, 5) is 13.3. The summed E-state index contributed by atoms with van der Waals surface area (Å²) in [6.45, 7) is 4.44. The lowest BCUT2D eigenvalue weighted by Crippen LogP contribution is -2.40. The molecular weight excluding hydrogens is 226 g/mol. The van der Waals surface area contributed by atoms with E-state index in [0.29, 0.717) is 0 Å². The average Bonchev–Trinajstić information content (AvgIpc) is 2.64. The molecule has 2 rings (SSSR count). The first kappa shape index (κ1) is 13.1. The summed E-state index contributed by atoms with van der Waals surface area (Å²) in [5.74, 6) is -0.290. The molecule has 1 amide bonds. The standard InChI is InChI=1S/C14H21N3O/c1-9(2)17(8-14(16)18)13-7-12(15)10-5-3-4-6-11(10)13/h3-6,9,12-13H,7-8,15H2,1-2H3,(H2,16,18). The van der Waals surface area contributed by atoms with Gasteiger partial charge in [0.05, 0.1) is 6.54 Å². The fraction of sp³-hybridized carbons (Fsp3) is 0.500. The number of carbonyl (C=O) groups is 1. The molecule has 0 aliphatic heterocycles. The summed E-state index contributed by atoms with van der Waals surface area (Å²) in [6.07, 6.45) is 0.852. The van der Waals surface area contributed by atoms with Crippen molar-refractivity contribution in [1.29, 1.82) is 0 Å². The number of hydrogen-bond donors (Lipinski definition) is 2. The molecular formula is C14H21N3O. The number of carbonyl (C=O) groups excluding carboxylic acids is 1. The van der Waals surface area contributed by atoms with Crippen LogP contribution in [-0.2, 0) is 4.79 Å². The number of nitrogens with zero attached hydrogens (tertiary/aromatic N) is 1. The quantitative estimate of drug-likeness (QED) is 0.843. The second-order valence-electron chi connectivity index (χ2n) is 5.22. The van der Waals surface area contributed by atoms with Gasteiger partial charge < -0.3 is 11.5 Å². The van der Waals surface area contributed by atoms with Gasteiger partial charge in [-0.3, -0.25) is 9.69 Å². The van der Waals surface area contributed by atoms with E-state index in [1.54, 1.807) is 0 Å². The fourth-order valence-electron chi connectivity index (χ4n) is 2.79. The van der Waals surface area contributed by atoms with Crippen molar-refractivity contribution in [2.45, 2.75) is 38.4 Å². The molecule has 0 heterocycles. The summed E-state index contributed by atoms with van der Waals surface area (Å²) < 4.78 is 0. The Balaban J connectivity index is 2.30. The van der Waals surface area contributed by atoms with Crippen LogP contribution in [0.15, 0.2) is 24.3 Å². The fourth-order valence-corrected chi connectivity index (χ4v) is 2.79. The van der Waals surface area contributed by atoms with Gasteiger partial charge >= 0.3 is 0 Å². The Labute approximate surface area is 108 Å². The minimum atomic E-state index is -0.290. The number of benzene rings is 1. The van der Waals surface area contributed by atoms with Crippen LogP contribution < -0.4 is 11.5 Å². The molecule has 0 spiro atoms. The second-order valence-corrected chi connectivity index (χ2v) is 5.22. The summed E-state index contributed by atoms with van der Waals surface area (Å²) >= 11 is 0. The Kier molecular flexibility index (Phi) is 3.68. The first-order valence-corrected chi connectivity index (χ1v) is 6.39. The maximum Gasteiger partial charge on any atom is 0.231 e. The van der Waals surface area contributed by atoms with Crippen LogP contribution in [0, 0.1) is 0 Å². The van der Waals surface area contributed by atoms with E-state index in [1.165, 1.54) is 11.1 Å². The molecule has 4 nitrogen and oxygen atoms in total. The van der Waals surface area contributed by atoms with Crippen LogP contribution in [0.25, 0.3) is 0 Å². The molecule has 0 saturated heterocycles. The molecule has 0 saturated carbocycles. The van der Waals surface area contributed by atoms with Crippen molar-refractivity contribution >= 4 is 5.91 Å². The third kappa shape index (κ3) is 2.40. The SMILES string of the molecule is CC(C)N(CC(N)=O)C1CC(N)c2ccccc21. The molecule has 0 fully saturated rings. The highest BCUT2D eigenvalue weighted by Crippen LogP contribution is 2.41. The Morgan fingerprint density at radius 1 is 1.39 bits per heavy atom. The van der Waals surface area contributed by atoms with Gasteiger partial charge in [0.1, 0.15) is 0 Å². The number of hydrogen-bond acceptors (Lipinski definition) is 3.